The van der Waals surface area contributed by atoms with Gasteiger partial charge < -0.3 is 19.4 Å². The molecule has 172 valence electrons. The lowest BCUT2D eigenvalue weighted by Gasteiger charge is -2.37. The Bertz CT molecular complexity index is 896. The molecule has 0 radical (unpaired) electrons. The van der Waals surface area contributed by atoms with Gasteiger partial charge in [0.05, 0.1) is 26.2 Å². The van der Waals surface area contributed by atoms with E-state index in [-0.39, 0.29) is 12.0 Å². The average Bonchev–Trinajstić information content (AvgIpc) is 2.98. The molecule has 2 aromatic carbocycles. The standard InChI is InChI=1S/C26H35N3O3/c1-4-18-32-26(31)28-14-9-16-29(17-15-28,19-23-12-6-5-7-13-23)20-24(30)27-25-21(2)10-8-11-22(25)3/h5-8,10-13H,4,9,14-20H2,1-3H3/p+1. The Morgan fingerprint density at radius 3 is 2.41 bits per heavy atom. The average molecular weight is 439 g/mol. The first-order chi connectivity index (χ1) is 15.4. The Kier molecular flexibility index (Phi) is 8.28. The van der Waals surface area contributed by atoms with Crippen molar-refractivity contribution in [1.29, 1.82) is 0 Å². The molecule has 1 atom stereocenters. The normalized spacial score (nSPS) is 18.7. The maximum atomic E-state index is 13.2. The fourth-order valence-corrected chi connectivity index (χ4v) is 4.45. The Morgan fingerprint density at radius 2 is 1.72 bits per heavy atom. The third kappa shape index (κ3) is 6.33. The number of hydrogen-bond acceptors (Lipinski definition) is 3. The number of carbonyl (C=O) groups is 2. The van der Waals surface area contributed by atoms with E-state index in [0.29, 0.717) is 30.7 Å². The largest absolute Gasteiger partial charge is 0.449 e. The van der Waals surface area contributed by atoms with Gasteiger partial charge in [0.1, 0.15) is 6.54 Å². The Morgan fingerprint density at radius 1 is 1.00 bits per heavy atom. The summed E-state index contributed by atoms with van der Waals surface area (Å²) in [6, 6.07) is 16.3. The van der Waals surface area contributed by atoms with Crippen LogP contribution in [0.15, 0.2) is 48.5 Å². The van der Waals surface area contributed by atoms with Gasteiger partial charge in [-0.1, -0.05) is 55.5 Å². The lowest BCUT2D eigenvalue weighted by atomic mass is 10.1. The number of amides is 2. The van der Waals surface area contributed by atoms with Gasteiger partial charge in [-0.05, 0) is 31.4 Å². The highest BCUT2D eigenvalue weighted by Gasteiger charge is 2.35. The molecule has 6 heteroatoms. The second-order valence-electron chi connectivity index (χ2n) is 8.86. The zero-order valence-corrected chi connectivity index (χ0v) is 19.6. The number of ether oxygens (including phenoxy) is 1. The molecule has 0 aliphatic carbocycles. The Labute approximate surface area is 191 Å². The van der Waals surface area contributed by atoms with Crippen molar-refractivity contribution < 1.29 is 18.8 Å². The van der Waals surface area contributed by atoms with Crippen LogP contribution in [0.1, 0.15) is 36.5 Å². The number of carbonyl (C=O) groups excluding carboxylic acids is 2. The second kappa shape index (κ2) is 11.1. The minimum absolute atomic E-state index is 0.0142. The summed E-state index contributed by atoms with van der Waals surface area (Å²) in [6.07, 6.45) is 1.41. The van der Waals surface area contributed by atoms with Gasteiger partial charge in [-0.3, -0.25) is 4.79 Å². The number of nitrogens with one attached hydrogen (secondary N) is 1. The summed E-state index contributed by atoms with van der Waals surface area (Å²) in [5.74, 6) is 0.0142. The first-order valence-corrected chi connectivity index (χ1v) is 11.6. The van der Waals surface area contributed by atoms with Crippen molar-refractivity contribution in [2.75, 3.05) is 44.6 Å². The van der Waals surface area contributed by atoms with Gasteiger partial charge >= 0.3 is 6.09 Å². The second-order valence-corrected chi connectivity index (χ2v) is 8.86. The minimum atomic E-state index is -0.244. The van der Waals surface area contributed by atoms with E-state index in [2.05, 4.69) is 17.4 Å². The molecule has 1 unspecified atom stereocenters. The smallest absolute Gasteiger partial charge is 0.409 e. The van der Waals surface area contributed by atoms with E-state index in [0.717, 1.165) is 49.3 Å². The van der Waals surface area contributed by atoms with E-state index >= 15 is 0 Å². The predicted octanol–water partition coefficient (Wildman–Crippen LogP) is 4.51. The predicted molar refractivity (Wildman–Crippen MR) is 127 cm³/mol. The van der Waals surface area contributed by atoms with E-state index < -0.39 is 0 Å². The van der Waals surface area contributed by atoms with Crippen LogP contribution in [-0.2, 0) is 16.1 Å². The van der Waals surface area contributed by atoms with Crippen LogP contribution in [-0.4, -0.2) is 60.7 Å². The zero-order chi connectivity index (χ0) is 23.0. The van der Waals surface area contributed by atoms with Gasteiger partial charge in [0.25, 0.3) is 5.91 Å². The summed E-state index contributed by atoms with van der Waals surface area (Å²) in [4.78, 5) is 27.4. The molecule has 2 aromatic rings. The first kappa shape index (κ1) is 23.8. The number of hydrogen-bond donors (Lipinski definition) is 1. The molecule has 0 aromatic heterocycles. The molecule has 1 fully saturated rings. The van der Waals surface area contributed by atoms with Gasteiger partial charge in [-0.2, -0.15) is 0 Å². The molecule has 1 heterocycles. The number of nitrogens with zero attached hydrogens (tertiary/aromatic N) is 2. The molecule has 0 spiro atoms. The van der Waals surface area contributed by atoms with Crippen LogP contribution in [0.25, 0.3) is 0 Å². The van der Waals surface area contributed by atoms with Gasteiger partial charge in [0, 0.05) is 24.2 Å². The SMILES string of the molecule is CCCOC(=O)N1CCC[N+](CC(=O)Nc2c(C)cccc2C)(Cc2ccccc2)CC1. The number of rotatable bonds is 7. The number of benzene rings is 2. The molecule has 0 bridgehead atoms. The van der Waals surface area contributed by atoms with E-state index in [4.69, 9.17) is 4.74 Å². The van der Waals surface area contributed by atoms with E-state index in [9.17, 15) is 9.59 Å². The summed E-state index contributed by atoms with van der Waals surface area (Å²) in [5, 5.41) is 3.16. The van der Waals surface area contributed by atoms with Crippen LogP contribution in [0, 0.1) is 13.8 Å². The highest BCUT2D eigenvalue weighted by Crippen LogP contribution is 2.22. The van der Waals surface area contributed by atoms with Gasteiger partial charge in [0.15, 0.2) is 6.54 Å². The monoisotopic (exact) mass is 438 g/mol. The fraction of sp³-hybridized carbons (Fsp3) is 0.462. The molecule has 1 aliphatic heterocycles. The maximum absolute atomic E-state index is 13.2. The molecule has 1 N–H and O–H groups in total. The van der Waals surface area contributed by atoms with Crippen LogP contribution < -0.4 is 5.32 Å². The fourth-order valence-electron chi connectivity index (χ4n) is 4.45. The summed E-state index contributed by atoms with van der Waals surface area (Å²) < 4.78 is 5.98. The van der Waals surface area contributed by atoms with E-state index in [1.54, 1.807) is 4.90 Å². The van der Waals surface area contributed by atoms with Crippen molar-refractivity contribution >= 4 is 17.7 Å². The van der Waals surface area contributed by atoms with Crippen molar-refractivity contribution in [3.63, 3.8) is 0 Å². The lowest BCUT2D eigenvalue weighted by molar-refractivity contribution is -0.931. The summed E-state index contributed by atoms with van der Waals surface area (Å²) in [7, 11) is 0. The van der Waals surface area contributed by atoms with Crippen LogP contribution in [0.2, 0.25) is 0 Å². The summed E-state index contributed by atoms with van der Waals surface area (Å²) >= 11 is 0. The quantitative estimate of drug-likeness (QED) is 0.647. The first-order valence-electron chi connectivity index (χ1n) is 11.6. The van der Waals surface area contributed by atoms with Crippen LogP contribution in [0.3, 0.4) is 0 Å². The third-order valence-electron chi connectivity index (χ3n) is 6.18. The zero-order valence-electron chi connectivity index (χ0n) is 19.6. The maximum Gasteiger partial charge on any atom is 0.409 e. The lowest BCUT2D eigenvalue weighted by Crippen LogP contribution is -2.53. The van der Waals surface area contributed by atoms with Crippen molar-refractivity contribution in [3.8, 4) is 0 Å². The Hall–Kier alpha value is -2.86. The molecular weight excluding hydrogens is 402 g/mol. The molecular formula is C26H36N3O3+. The minimum Gasteiger partial charge on any atom is -0.449 e. The van der Waals surface area contributed by atoms with Crippen molar-refractivity contribution in [3.05, 3.63) is 65.2 Å². The highest BCUT2D eigenvalue weighted by molar-refractivity contribution is 5.93. The summed E-state index contributed by atoms with van der Waals surface area (Å²) in [5.41, 5.74) is 4.23. The third-order valence-corrected chi connectivity index (χ3v) is 6.18. The summed E-state index contributed by atoms with van der Waals surface area (Å²) in [6.45, 7) is 10.4. The van der Waals surface area contributed by atoms with E-state index in [1.807, 2.05) is 57.2 Å². The van der Waals surface area contributed by atoms with Gasteiger partial charge in [-0.25, -0.2) is 4.79 Å². The molecule has 1 saturated heterocycles. The van der Waals surface area contributed by atoms with Gasteiger partial charge in [0.2, 0.25) is 0 Å². The molecule has 3 rings (SSSR count). The van der Waals surface area contributed by atoms with E-state index in [1.165, 1.54) is 5.56 Å². The Balaban J connectivity index is 1.77. The van der Waals surface area contributed by atoms with Crippen molar-refractivity contribution in [1.82, 2.24) is 4.90 Å². The molecule has 2 amide bonds. The van der Waals surface area contributed by atoms with Crippen molar-refractivity contribution in [2.24, 2.45) is 0 Å². The highest BCUT2D eigenvalue weighted by atomic mass is 16.6. The molecule has 0 saturated carbocycles. The van der Waals surface area contributed by atoms with Crippen LogP contribution >= 0.6 is 0 Å². The molecule has 6 nitrogen and oxygen atoms in total. The van der Waals surface area contributed by atoms with Crippen molar-refractivity contribution in [2.45, 2.75) is 40.2 Å². The number of quaternary nitrogens is 1. The van der Waals surface area contributed by atoms with Crippen LogP contribution in [0.5, 0.6) is 0 Å². The number of para-hydroxylation sites is 1. The number of anilines is 1. The van der Waals surface area contributed by atoms with Crippen LogP contribution in [0.4, 0.5) is 10.5 Å². The molecule has 1 aliphatic rings. The van der Waals surface area contributed by atoms with Gasteiger partial charge in [-0.15, -0.1) is 0 Å². The number of aryl methyl sites for hydroxylation is 2. The molecule has 32 heavy (non-hydrogen) atoms. The topological polar surface area (TPSA) is 58.6 Å².